The van der Waals surface area contributed by atoms with Crippen LogP contribution in [-0.2, 0) is 19.0 Å². The first kappa shape index (κ1) is 15.8. The molecule has 6 nitrogen and oxygen atoms in total. The third-order valence-corrected chi connectivity index (χ3v) is 3.50. The van der Waals surface area contributed by atoms with E-state index in [1.165, 1.54) is 14.2 Å². The smallest absolute Gasteiger partial charge is 0.409 e. The largest absolute Gasteiger partial charge is 0.467 e. The Balaban J connectivity index is 2.47. The summed E-state index contributed by atoms with van der Waals surface area (Å²) in [5.41, 5.74) is -0.922. The van der Waals surface area contributed by atoms with Gasteiger partial charge in [0.1, 0.15) is 0 Å². The highest BCUT2D eigenvalue weighted by Gasteiger charge is 2.43. The third-order valence-electron chi connectivity index (χ3n) is 3.50. The van der Waals surface area contributed by atoms with Crippen molar-refractivity contribution in [3.05, 3.63) is 0 Å². The number of rotatable bonds is 5. The average Bonchev–Trinajstić information content (AvgIpc) is 2.46. The van der Waals surface area contributed by atoms with E-state index in [0.29, 0.717) is 32.5 Å². The maximum atomic E-state index is 11.8. The van der Waals surface area contributed by atoms with Crippen molar-refractivity contribution in [3.63, 3.8) is 0 Å². The van der Waals surface area contributed by atoms with E-state index in [1.54, 1.807) is 4.90 Å². The van der Waals surface area contributed by atoms with Gasteiger partial charge in [-0.1, -0.05) is 13.3 Å². The molecule has 6 heteroatoms. The molecule has 1 amide bonds. The van der Waals surface area contributed by atoms with Crippen LogP contribution in [0.1, 0.15) is 32.6 Å². The second-order valence-electron chi connectivity index (χ2n) is 4.64. The molecule has 0 aromatic heterocycles. The maximum absolute atomic E-state index is 11.8. The minimum Gasteiger partial charge on any atom is -0.467 e. The molecule has 0 bridgehead atoms. The van der Waals surface area contributed by atoms with Gasteiger partial charge in [-0.05, 0) is 6.42 Å². The zero-order valence-electron chi connectivity index (χ0n) is 11.9. The van der Waals surface area contributed by atoms with Crippen LogP contribution in [0, 0.1) is 0 Å². The van der Waals surface area contributed by atoms with Gasteiger partial charge >= 0.3 is 12.1 Å². The van der Waals surface area contributed by atoms with E-state index in [4.69, 9.17) is 14.2 Å². The molecule has 0 aromatic carbocycles. The predicted octanol–water partition coefficient (Wildman–Crippen LogP) is 1.58. The van der Waals surface area contributed by atoms with Crippen molar-refractivity contribution in [2.24, 2.45) is 0 Å². The lowest BCUT2D eigenvalue weighted by Gasteiger charge is -2.37. The molecule has 1 fully saturated rings. The first-order valence-electron chi connectivity index (χ1n) is 6.65. The van der Waals surface area contributed by atoms with Crippen LogP contribution in [0.3, 0.4) is 0 Å². The number of methoxy groups -OCH3 is 2. The molecule has 1 heterocycles. The molecule has 19 heavy (non-hydrogen) atoms. The van der Waals surface area contributed by atoms with E-state index in [-0.39, 0.29) is 12.1 Å². The molecular weight excluding hydrogens is 250 g/mol. The summed E-state index contributed by atoms with van der Waals surface area (Å²) in [6.07, 6.45) is 2.40. The molecular formula is C13H23NO5. The van der Waals surface area contributed by atoms with Crippen molar-refractivity contribution >= 4 is 12.1 Å². The van der Waals surface area contributed by atoms with Crippen molar-refractivity contribution in [3.8, 4) is 0 Å². The molecule has 0 unspecified atom stereocenters. The van der Waals surface area contributed by atoms with Crippen LogP contribution in [0.2, 0.25) is 0 Å². The minimum absolute atomic E-state index is 0.317. The standard InChI is InChI=1S/C13H23NO5/c1-4-5-10-19-12(16)14-8-6-13(18-3,7-9-14)11(15)17-2/h4-10H2,1-3H3. The van der Waals surface area contributed by atoms with E-state index < -0.39 is 5.60 Å². The number of carbonyl (C=O) groups excluding carboxylic acids is 2. The number of hydrogen-bond donors (Lipinski definition) is 0. The molecule has 1 aliphatic rings. The van der Waals surface area contributed by atoms with Gasteiger partial charge in [0, 0.05) is 33.0 Å². The van der Waals surface area contributed by atoms with Gasteiger partial charge in [0.05, 0.1) is 13.7 Å². The van der Waals surface area contributed by atoms with Crippen LogP contribution in [0.25, 0.3) is 0 Å². The monoisotopic (exact) mass is 273 g/mol. The summed E-state index contributed by atoms with van der Waals surface area (Å²) in [5, 5.41) is 0. The van der Waals surface area contributed by atoms with Crippen molar-refractivity contribution < 1.29 is 23.8 Å². The lowest BCUT2D eigenvalue weighted by molar-refractivity contribution is -0.171. The highest BCUT2D eigenvalue weighted by atomic mass is 16.6. The molecule has 0 aromatic rings. The zero-order valence-corrected chi connectivity index (χ0v) is 11.9. The number of amides is 1. The maximum Gasteiger partial charge on any atom is 0.409 e. The Morgan fingerprint density at radius 2 is 1.84 bits per heavy atom. The number of hydrogen-bond acceptors (Lipinski definition) is 5. The van der Waals surface area contributed by atoms with Crippen molar-refractivity contribution in [1.82, 2.24) is 4.90 Å². The van der Waals surface area contributed by atoms with Gasteiger partial charge in [0.25, 0.3) is 0 Å². The lowest BCUT2D eigenvalue weighted by Crippen LogP contribution is -2.52. The molecule has 1 saturated heterocycles. The van der Waals surface area contributed by atoms with E-state index in [0.717, 1.165) is 12.8 Å². The summed E-state index contributed by atoms with van der Waals surface area (Å²) in [6, 6.07) is 0. The SMILES string of the molecule is CCCCOC(=O)N1CCC(OC)(C(=O)OC)CC1. The fraction of sp³-hybridized carbons (Fsp3) is 0.846. The van der Waals surface area contributed by atoms with E-state index >= 15 is 0 Å². The van der Waals surface area contributed by atoms with Crippen LogP contribution in [0.15, 0.2) is 0 Å². The van der Waals surface area contributed by atoms with E-state index in [1.807, 2.05) is 6.92 Å². The highest BCUT2D eigenvalue weighted by Crippen LogP contribution is 2.27. The first-order valence-corrected chi connectivity index (χ1v) is 6.65. The van der Waals surface area contributed by atoms with Gasteiger partial charge in [-0.15, -0.1) is 0 Å². The van der Waals surface area contributed by atoms with Gasteiger partial charge in [-0.3, -0.25) is 0 Å². The molecule has 0 saturated carbocycles. The molecule has 0 aliphatic carbocycles. The summed E-state index contributed by atoms with van der Waals surface area (Å²) in [6.45, 7) is 3.36. The molecule has 0 atom stereocenters. The van der Waals surface area contributed by atoms with Crippen LogP contribution in [0.5, 0.6) is 0 Å². The fourth-order valence-electron chi connectivity index (χ4n) is 2.12. The van der Waals surface area contributed by atoms with Gasteiger partial charge in [0.2, 0.25) is 0 Å². The summed E-state index contributed by atoms with van der Waals surface area (Å²) in [4.78, 5) is 25.1. The summed E-state index contributed by atoms with van der Waals surface area (Å²) in [5.74, 6) is -0.381. The molecule has 0 spiro atoms. The fourth-order valence-corrected chi connectivity index (χ4v) is 2.12. The molecule has 0 radical (unpaired) electrons. The van der Waals surface area contributed by atoms with Crippen molar-refractivity contribution in [2.75, 3.05) is 33.9 Å². The van der Waals surface area contributed by atoms with Gasteiger partial charge < -0.3 is 19.1 Å². The Morgan fingerprint density at radius 3 is 2.32 bits per heavy atom. The number of ether oxygens (including phenoxy) is 3. The number of nitrogens with zero attached hydrogens (tertiary/aromatic N) is 1. The second kappa shape index (κ2) is 7.33. The Hall–Kier alpha value is -1.30. The van der Waals surface area contributed by atoms with Gasteiger partial charge in [-0.2, -0.15) is 0 Å². The number of unbranched alkanes of at least 4 members (excludes halogenated alkanes) is 1. The number of likely N-dealkylation sites (tertiary alicyclic amines) is 1. The summed E-state index contributed by atoms with van der Waals surface area (Å²) < 4.78 is 15.2. The lowest BCUT2D eigenvalue weighted by atomic mass is 9.91. The first-order chi connectivity index (χ1) is 9.09. The highest BCUT2D eigenvalue weighted by molar-refractivity contribution is 5.80. The van der Waals surface area contributed by atoms with Crippen LogP contribution in [-0.4, -0.2) is 56.5 Å². The van der Waals surface area contributed by atoms with Crippen LogP contribution >= 0.6 is 0 Å². The van der Waals surface area contributed by atoms with Gasteiger partial charge in [0.15, 0.2) is 5.60 Å². The Bertz CT molecular complexity index is 310. The number of carbonyl (C=O) groups is 2. The van der Waals surface area contributed by atoms with Crippen LogP contribution in [0.4, 0.5) is 4.79 Å². The average molecular weight is 273 g/mol. The molecule has 0 N–H and O–H groups in total. The van der Waals surface area contributed by atoms with Gasteiger partial charge in [-0.25, -0.2) is 9.59 Å². The Labute approximate surface area is 114 Å². The zero-order chi connectivity index (χ0) is 14.3. The van der Waals surface area contributed by atoms with Crippen LogP contribution < -0.4 is 0 Å². The number of piperidine rings is 1. The third kappa shape index (κ3) is 3.83. The Morgan fingerprint density at radius 1 is 1.21 bits per heavy atom. The normalized spacial score (nSPS) is 17.9. The number of esters is 1. The molecule has 1 rings (SSSR count). The van der Waals surface area contributed by atoms with Crippen molar-refractivity contribution in [1.29, 1.82) is 0 Å². The topological polar surface area (TPSA) is 65.1 Å². The van der Waals surface area contributed by atoms with E-state index in [2.05, 4.69) is 0 Å². The molecule has 1 aliphatic heterocycles. The summed E-state index contributed by atoms with van der Waals surface area (Å²) >= 11 is 0. The molecule has 110 valence electrons. The van der Waals surface area contributed by atoms with Crippen molar-refractivity contribution in [2.45, 2.75) is 38.2 Å². The quantitative estimate of drug-likeness (QED) is 0.562. The predicted molar refractivity (Wildman–Crippen MR) is 68.8 cm³/mol. The van der Waals surface area contributed by atoms with E-state index in [9.17, 15) is 9.59 Å². The summed E-state index contributed by atoms with van der Waals surface area (Å²) in [7, 11) is 2.83. The minimum atomic E-state index is -0.922. The second-order valence-corrected chi connectivity index (χ2v) is 4.64. The Kier molecular flexibility index (Phi) is 6.08.